The van der Waals surface area contributed by atoms with Crippen LogP contribution >= 0.6 is 11.8 Å². The number of hydrogen-bond acceptors (Lipinski definition) is 4. The molecule has 0 saturated heterocycles. The van der Waals surface area contributed by atoms with Crippen LogP contribution in [-0.4, -0.2) is 21.0 Å². The van der Waals surface area contributed by atoms with E-state index in [1.54, 1.807) is 13.8 Å². The summed E-state index contributed by atoms with van der Waals surface area (Å²) < 4.78 is 27.1. The third-order valence-corrected chi connectivity index (χ3v) is 3.80. The van der Waals surface area contributed by atoms with Gasteiger partial charge in [0.1, 0.15) is 28.0 Å². The van der Waals surface area contributed by atoms with Gasteiger partial charge < -0.3 is 5.11 Å². The van der Waals surface area contributed by atoms with Crippen molar-refractivity contribution in [3.05, 3.63) is 52.5 Å². The Hall–Kier alpha value is -2.02. The fourth-order valence-electron chi connectivity index (χ4n) is 1.84. The fraction of sp³-hybridized carbons (Fsp3) is 0.214. The lowest BCUT2D eigenvalue weighted by Gasteiger charge is -2.09. The topological polar surface area (TPSA) is 63.1 Å². The number of hydrogen-bond donors (Lipinski definition) is 1. The Morgan fingerprint density at radius 2 is 1.86 bits per heavy atom. The van der Waals surface area contributed by atoms with Crippen LogP contribution in [0.5, 0.6) is 0 Å². The number of halogens is 2. The van der Waals surface area contributed by atoms with Gasteiger partial charge >= 0.3 is 5.97 Å². The van der Waals surface area contributed by atoms with Gasteiger partial charge in [0.15, 0.2) is 0 Å². The molecule has 0 bridgehead atoms. The summed E-state index contributed by atoms with van der Waals surface area (Å²) in [5.74, 6) is -2.13. The minimum absolute atomic E-state index is 0.0395. The minimum atomic E-state index is -1.16. The molecule has 1 aromatic carbocycles. The Labute approximate surface area is 124 Å². The summed E-state index contributed by atoms with van der Waals surface area (Å²) >= 11 is 0.973. The Kier molecular flexibility index (Phi) is 4.52. The quantitative estimate of drug-likeness (QED) is 0.693. The molecule has 0 spiro atoms. The first kappa shape index (κ1) is 15.4. The zero-order chi connectivity index (χ0) is 15.6. The van der Waals surface area contributed by atoms with Crippen LogP contribution < -0.4 is 0 Å². The lowest BCUT2D eigenvalue weighted by Crippen LogP contribution is -2.08. The van der Waals surface area contributed by atoms with Crippen molar-refractivity contribution in [1.82, 2.24) is 9.97 Å². The number of aryl methyl sites for hydroxylation is 2. The summed E-state index contributed by atoms with van der Waals surface area (Å²) in [6.07, 6.45) is 0. The molecule has 0 fully saturated rings. The molecule has 4 nitrogen and oxygen atoms in total. The molecule has 21 heavy (non-hydrogen) atoms. The summed E-state index contributed by atoms with van der Waals surface area (Å²) in [6.45, 7) is 3.19. The van der Waals surface area contributed by atoms with E-state index in [1.807, 2.05) is 0 Å². The maximum atomic E-state index is 13.6. The van der Waals surface area contributed by atoms with Crippen molar-refractivity contribution in [3.8, 4) is 0 Å². The van der Waals surface area contributed by atoms with Gasteiger partial charge in [0.05, 0.1) is 5.69 Å². The Morgan fingerprint density at radius 1 is 1.24 bits per heavy atom. The molecule has 1 heterocycles. The van der Waals surface area contributed by atoms with E-state index in [-0.39, 0.29) is 21.9 Å². The van der Waals surface area contributed by atoms with Gasteiger partial charge in [0.2, 0.25) is 0 Å². The van der Waals surface area contributed by atoms with E-state index in [9.17, 15) is 18.7 Å². The van der Waals surface area contributed by atoms with Gasteiger partial charge in [-0.15, -0.1) is 11.8 Å². The molecule has 1 N–H and O–H groups in total. The second-order valence-electron chi connectivity index (χ2n) is 4.33. The lowest BCUT2D eigenvalue weighted by molar-refractivity contribution is 0.0690. The maximum Gasteiger partial charge on any atom is 0.340 e. The maximum absolute atomic E-state index is 13.6. The SMILES string of the molecule is Cc1nc(C)c(C(=O)O)c(SCc2c(F)cccc2F)n1. The summed E-state index contributed by atoms with van der Waals surface area (Å²) in [6, 6.07) is 3.60. The first-order valence-corrected chi connectivity index (χ1v) is 7.03. The third-order valence-electron chi connectivity index (χ3n) is 2.80. The zero-order valence-electron chi connectivity index (χ0n) is 11.4. The number of thioether (sulfide) groups is 1. The van der Waals surface area contributed by atoms with Crippen LogP contribution in [-0.2, 0) is 5.75 Å². The van der Waals surface area contributed by atoms with Gasteiger partial charge in [-0.1, -0.05) is 6.07 Å². The molecule has 1 aromatic heterocycles. The van der Waals surface area contributed by atoms with E-state index in [1.165, 1.54) is 6.07 Å². The van der Waals surface area contributed by atoms with Crippen LogP contribution in [0.3, 0.4) is 0 Å². The number of carboxylic acids is 1. The van der Waals surface area contributed by atoms with Crippen molar-refractivity contribution < 1.29 is 18.7 Å². The highest BCUT2D eigenvalue weighted by Gasteiger charge is 2.18. The Bertz CT molecular complexity index is 687. The number of carbonyl (C=O) groups is 1. The lowest BCUT2D eigenvalue weighted by atomic mass is 10.2. The Morgan fingerprint density at radius 3 is 2.43 bits per heavy atom. The summed E-state index contributed by atoms with van der Waals surface area (Å²) in [5, 5.41) is 9.41. The zero-order valence-corrected chi connectivity index (χ0v) is 12.2. The van der Waals surface area contributed by atoms with E-state index < -0.39 is 17.6 Å². The minimum Gasteiger partial charge on any atom is -0.478 e. The average Bonchev–Trinajstić information content (AvgIpc) is 2.36. The number of carboxylic acid groups (broad SMARTS) is 1. The molecule has 0 aliphatic heterocycles. The van der Waals surface area contributed by atoms with E-state index in [0.29, 0.717) is 11.5 Å². The van der Waals surface area contributed by atoms with Gasteiger partial charge in [0.25, 0.3) is 0 Å². The third kappa shape index (κ3) is 3.36. The van der Waals surface area contributed by atoms with Crippen LogP contribution in [0.2, 0.25) is 0 Å². The molecule has 0 aliphatic rings. The molecule has 0 saturated carbocycles. The van der Waals surface area contributed by atoms with Gasteiger partial charge in [-0.3, -0.25) is 0 Å². The van der Waals surface area contributed by atoms with Gasteiger partial charge in [-0.25, -0.2) is 23.5 Å². The number of benzene rings is 1. The highest BCUT2D eigenvalue weighted by molar-refractivity contribution is 7.98. The molecular formula is C14H12F2N2O2S. The monoisotopic (exact) mass is 310 g/mol. The summed E-state index contributed by atoms with van der Waals surface area (Å²) in [5.41, 5.74) is 0.182. The molecule has 2 rings (SSSR count). The predicted molar refractivity (Wildman–Crippen MR) is 74.4 cm³/mol. The number of aromatic carboxylic acids is 1. The van der Waals surface area contributed by atoms with Crippen molar-refractivity contribution in [1.29, 1.82) is 0 Å². The van der Waals surface area contributed by atoms with Crippen molar-refractivity contribution in [2.24, 2.45) is 0 Å². The second-order valence-corrected chi connectivity index (χ2v) is 5.29. The van der Waals surface area contributed by atoms with E-state index in [4.69, 9.17) is 0 Å². The molecule has 7 heteroatoms. The van der Waals surface area contributed by atoms with E-state index in [2.05, 4.69) is 9.97 Å². The van der Waals surface area contributed by atoms with Gasteiger partial charge in [0, 0.05) is 11.3 Å². The average molecular weight is 310 g/mol. The van der Waals surface area contributed by atoms with E-state index in [0.717, 1.165) is 23.9 Å². The van der Waals surface area contributed by atoms with E-state index >= 15 is 0 Å². The molecule has 0 radical (unpaired) electrons. The fourth-order valence-corrected chi connectivity index (χ4v) is 2.98. The van der Waals surface area contributed by atoms with Crippen LogP contribution in [0.1, 0.15) is 27.4 Å². The standard InChI is InChI=1S/C14H12F2N2O2S/c1-7-12(14(19)20)13(18-8(2)17-7)21-6-9-10(15)4-3-5-11(9)16/h3-5H,6H2,1-2H3,(H,19,20). The first-order valence-electron chi connectivity index (χ1n) is 6.04. The molecular weight excluding hydrogens is 298 g/mol. The normalized spacial score (nSPS) is 10.7. The smallest absolute Gasteiger partial charge is 0.340 e. The van der Waals surface area contributed by atoms with Crippen molar-refractivity contribution in [3.63, 3.8) is 0 Å². The summed E-state index contributed by atoms with van der Waals surface area (Å²) in [4.78, 5) is 19.3. The van der Waals surface area contributed by atoms with Crippen LogP contribution in [0.25, 0.3) is 0 Å². The predicted octanol–water partition coefficient (Wildman–Crippen LogP) is 3.36. The van der Waals surface area contributed by atoms with Crippen molar-refractivity contribution in [2.45, 2.75) is 24.6 Å². The first-order chi connectivity index (χ1) is 9.90. The highest BCUT2D eigenvalue weighted by Crippen LogP contribution is 2.28. The number of aromatic nitrogens is 2. The van der Waals surface area contributed by atoms with Crippen LogP contribution in [0.15, 0.2) is 23.2 Å². The van der Waals surface area contributed by atoms with Crippen LogP contribution in [0.4, 0.5) is 8.78 Å². The summed E-state index contributed by atoms with van der Waals surface area (Å²) in [7, 11) is 0. The van der Waals surface area contributed by atoms with Crippen molar-refractivity contribution >= 4 is 17.7 Å². The number of rotatable bonds is 4. The molecule has 0 amide bonds. The van der Waals surface area contributed by atoms with Crippen molar-refractivity contribution in [2.75, 3.05) is 0 Å². The highest BCUT2D eigenvalue weighted by atomic mass is 32.2. The molecule has 0 aliphatic carbocycles. The largest absolute Gasteiger partial charge is 0.478 e. The number of nitrogens with zero attached hydrogens (tertiary/aromatic N) is 2. The van der Waals surface area contributed by atoms with Gasteiger partial charge in [-0.2, -0.15) is 0 Å². The van der Waals surface area contributed by atoms with Gasteiger partial charge in [-0.05, 0) is 26.0 Å². The van der Waals surface area contributed by atoms with Crippen LogP contribution in [0, 0.1) is 25.5 Å². The Balaban J connectivity index is 2.34. The molecule has 2 aromatic rings. The molecule has 110 valence electrons. The second kappa shape index (κ2) is 6.17. The molecule has 0 atom stereocenters. The molecule has 0 unspecified atom stereocenters.